The van der Waals surface area contributed by atoms with Crippen LogP contribution in [-0.2, 0) is 4.74 Å². The van der Waals surface area contributed by atoms with E-state index in [2.05, 4.69) is 0 Å². The van der Waals surface area contributed by atoms with Gasteiger partial charge in [0, 0.05) is 20.2 Å². The van der Waals surface area contributed by atoms with E-state index in [0.29, 0.717) is 13.1 Å². The molecule has 1 fully saturated rings. The Balaban J connectivity index is 2.39. The monoisotopic (exact) mass is 211 g/mol. The molecular weight excluding hydrogens is 195 g/mol. The van der Waals surface area contributed by atoms with Gasteiger partial charge in [0.1, 0.15) is 6.23 Å². The first-order chi connectivity index (χ1) is 6.45. The van der Waals surface area contributed by atoms with Crippen LogP contribution in [0.2, 0.25) is 0 Å². The lowest BCUT2D eigenvalue weighted by atomic mass is 9.96. The Labute approximate surface area is 82.0 Å². The van der Waals surface area contributed by atoms with Crippen LogP contribution in [0, 0.1) is 5.92 Å². The van der Waals surface area contributed by atoms with E-state index in [-0.39, 0.29) is 19.1 Å². The largest absolute Gasteiger partial charge is 0.391 e. The van der Waals surface area contributed by atoms with Gasteiger partial charge >= 0.3 is 6.18 Å². The zero-order valence-electron chi connectivity index (χ0n) is 8.47. The highest BCUT2D eigenvalue weighted by Crippen LogP contribution is 2.34. The van der Waals surface area contributed by atoms with Crippen molar-refractivity contribution in [2.45, 2.75) is 32.2 Å². The molecule has 1 saturated heterocycles. The lowest BCUT2D eigenvalue weighted by molar-refractivity contribution is -0.190. The summed E-state index contributed by atoms with van der Waals surface area (Å²) in [5.41, 5.74) is 0. The van der Waals surface area contributed by atoms with E-state index in [1.807, 2.05) is 11.8 Å². The minimum atomic E-state index is -4.03. The summed E-state index contributed by atoms with van der Waals surface area (Å²) in [6.45, 7) is 2.80. The highest BCUT2D eigenvalue weighted by Gasteiger charge is 2.41. The molecule has 2 nitrogen and oxygen atoms in total. The van der Waals surface area contributed by atoms with Gasteiger partial charge in [-0.3, -0.25) is 4.90 Å². The Morgan fingerprint density at radius 2 is 1.79 bits per heavy atom. The van der Waals surface area contributed by atoms with Crippen molar-refractivity contribution in [3.63, 3.8) is 0 Å². The first kappa shape index (κ1) is 11.8. The molecule has 5 heteroatoms. The Morgan fingerprint density at radius 1 is 1.29 bits per heavy atom. The summed E-state index contributed by atoms with van der Waals surface area (Å²) in [6.07, 6.45) is -3.72. The van der Waals surface area contributed by atoms with Crippen LogP contribution in [0.4, 0.5) is 13.2 Å². The number of hydrogen-bond donors (Lipinski definition) is 0. The Hall–Kier alpha value is -0.290. The summed E-state index contributed by atoms with van der Waals surface area (Å²) in [6, 6.07) is 0. The molecular formula is C9H16F3NO. The first-order valence-electron chi connectivity index (χ1n) is 4.78. The van der Waals surface area contributed by atoms with Gasteiger partial charge in [0.25, 0.3) is 0 Å². The summed E-state index contributed by atoms with van der Waals surface area (Å²) < 4.78 is 42.0. The van der Waals surface area contributed by atoms with Gasteiger partial charge in [0.05, 0.1) is 5.92 Å². The average Bonchev–Trinajstić information content (AvgIpc) is 2.15. The molecule has 1 unspecified atom stereocenters. The second-order valence-electron chi connectivity index (χ2n) is 3.69. The molecule has 0 aromatic rings. The van der Waals surface area contributed by atoms with Gasteiger partial charge in [-0.05, 0) is 19.8 Å². The molecule has 1 aliphatic rings. The van der Waals surface area contributed by atoms with E-state index in [0.717, 1.165) is 0 Å². The number of ether oxygens (including phenoxy) is 1. The molecule has 1 heterocycles. The number of piperidine rings is 1. The standard InChI is InChI=1S/C9H16F3NO/c1-7(14-2)13-5-3-8(4-6-13)9(10,11)12/h7-8H,3-6H2,1-2H3. The number of hydrogen-bond acceptors (Lipinski definition) is 2. The van der Waals surface area contributed by atoms with E-state index < -0.39 is 12.1 Å². The molecule has 1 atom stereocenters. The van der Waals surface area contributed by atoms with Crippen LogP contribution in [0.25, 0.3) is 0 Å². The van der Waals surface area contributed by atoms with Gasteiger partial charge in [0.2, 0.25) is 0 Å². The Morgan fingerprint density at radius 3 is 2.14 bits per heavy atom. The molecule has 0 saturated carbocycles. The van der Waals surface area contributed by atoms with Gasteiger partial charge in [-0.15, -0.1) is 0 Å². The van der Waals surface area contributed by atoms with Gasteiger partial charge in [-0.25, -0.2) is 0 Å². The predicted octanol–water partition coefficient (Wildman–Crippen LogP) is 2.25. The van der Waals surface area contributed by atoms with Crippen molar-refractivity contribution in [2.75, 3.05) is 20.2 Å². The number of nitrogens with zero attached hydrogens (tertiary/aromatic N) is 1. The number of methoxy groups -OCH3 is 1. The van der Waals surface area contributed by atoms with Crippen LogP contribution in [0.15, 0.2) is 0 Å². The van der Waals surface area contributed by atoms with Crippen LogP contribution in [0.5, 0.6) is 0 Å². The normalized spacial score (nSPS) is 23.8. The highest BCUT2D eigenvalue weighted by atomic mass is 19.4. The fourth-order valence-electron chi connectivity index (χ4n) is 1.74. The molecule has 0 N–H and O–H groups in total. The molecule has 84 valence electrons. The summed E-state index contributed by atoms with van der Waals surface area (Å²) in [7, 11) is 1.57. The second kappa shape index (κ2) is 4.49. The maximum Gasteiger partial charge on any atom is 0.391 e. The summed E-state index contributed by atoms with van der Waals surface area (Å²) in [5.74, 6) is -1.12. The summed E-state index contributed by atoms with van der Waals surface area (Å²) in [5, 5.41) is 0. The minimum Gasteiger partial charge on any atom is -0.367 e. The second-order valence-corrected chi connectivity index (χ2v) is 3.69. The zero-order valence-corrected chi connectivity index (χ0v) is 8.47. The predicted molar refractivity (Wildman–Crippen MR) is 46.8 cm³/mol. The molecule has 0 spiro atoms. The first-order valence-corrected chi connectivity index (χ1v) is 4.78. The molecule has 0 aliphatic carbocycles. The van der Waals surface area contributed by atoms with Crippen molar-refractivity contribution in [2.24, 2.45) is 5.92 Å². The van der Waals surface area contributed by atoms with Crippen LogP contribution < -0.4 is 0 Å². The van der Waals surface area contributed by atoms with Gasteiger partial charge < -0.3 is 4.74 Å². The molecule has 1 aliphatic heterocycles. The number of halogens is 3. The maximum atomic E-state index is 12.3. The van der Waals surface area contributed by atoms with Gasteiger partial charge in [-0.2, -0.15) is 13.2 Å². The van der Waals surface area contributed by atoms with Crippen LogP contribution >= 0.6 is 0 Å². The Kier molecular flexibility index (Phi) is 3.78. The fourth-order valence-corrected chi connectivity index (χ4v) is 1.74. The van der Waals surface area contributed by atoms with Gasteiger partial charge in [0.15, 0.2) is 0 Å². The lowest BCUT2D eigenvalue weighted by Crippen LogP contribution is -2.43. The number of likely N-dealkylation sites (tertiary alicyclic amines) is 1. The van der Waals surface area contributed by atoms with Crippen LogP contribution in [0.3, 0.4) is 0 Å². The molecule has 0 radical (unpaired) electrons. The van der Waals surface area contributed by atoms with E-state index in [1.54, 1.807) is 7.11 Å². The van der Waals surface area contributed by atoms with Crippen molar-refractivity contribution in [3.8, 4) is 0 Å². The van der Waals surface area contributed by atoms with Crippen molar-refractivity contribution in [3.05, 3.63) is 0 Å². The number of rotatable bonds is 2. The van der Waals surface area contributed by atoms with Crippen molar-refractivity contribution in [1.29, 1.82) is 0 Å². The zero-order chi connectivity index (χ0) is 10.8. The molecule has 0 bridgehead atoms. The lowest BCUT2D eigenvalue weighted by Gasteiger charge is -2.35. The maximum absolute atomic E-state index is 12.3. The van der Waals surface area contributed by atoms with Crippen molar-refractivity contribution in [1.82, 2.24) is 4.90 Å². The van der Waals surface area contributed by atoms with Crippen molar-refractivity contribution < 1.29 is 17.9 Å². The van der Waals surface area contributed by atoms with Crippen molar-refractivity contribution >= 4 is 0 Å². The Bertz CT molecular complexity index is 175. The minimum absolute atomic E-state index is 0.0795. The smallest absolute Gasteiger partial charge is 0.367 e. The third-order valence-corrected chi connectivity index (χ3v) is 2.85. The van der Waals surface area contributed by atoms with Crippen LogP contribution in [-0.4, -0.2) is 37.5 Å². The molecule has 0 amide bonds. The molecule has 0 aromatic carbocycles. The number of alkyl halides is 3. The average molecular weight is 211 g/mol. The molecule has 1 rings (SSSR count). The van der Waals surface area contributed by atoms with E-state index in [4.69, 9.17) is 4.74 Å². The molecule has 0 aromatic heterocycles. The van der Waals surface area contributed by atoms with E-state index in [9.17, 15) is 13.2 Å². The van der Waals surface area contributed by atoms with Crippen LogP contribution in [0.1, 0.15) is 19.8 Å². The van der Waals surface area contributed by atoms with E-state index in [1.165, 1.54) is 0 Å². The topological polar surface area (TPSA) is 12.5 Å². The fraction of sp³-hybridized carbons (Fsp3) is 1.00. The summed E-state index contributed by atoms with van der Waals surface area (Å²) >= 11 is 0. The highest BCUT2D eigenvalue weighted by molar-refractivity contribution is 4.77. The molecule has 14 heavy (non-hydrogen) atoms. The van der Waals surface area contributed by atoms with Gasteiger partial charge in [-0.1, -0.05) is 0 Å². The third kappa shape index (κ3) is 2.85. The third-order valence-electron chi connectivity index (χ3n) is 2.85. The quantitative estimate of drug-likeness (QED) is 0.694. The SMILES string of the molecule is COC(C)N1CCC(C(F)(F)F)CC1. The summed E-state index contributed by atoms with van der Waals surface area (Å²) in [4.78, 5) is 1.93. The van der Waals surface area contributed by atoms with E-state index >= 15 is 0 Å².